The maximum absolute atomic E-state index is 12.7. The van der Waals surface area contributed by atoms with Crippen LogP contribution in [0.25, 0.3) is 0 Å². The van der Waals surface area contributed by atoms with Crippen molar-refractivity contribution >= 4 is 11.9 Å². The molecule has 0 aliphatic carbocycles. The number of fused-ring (bicyclic) bond motifs is 1. The Hall–Kier alpha value is -2.63. The van der Waals surface area contributed by atoms with Gasteiger partial charge in [-0.2, -0.15) is 0 Å². The Morgan fingerprint density at radius 1 is 1.08 bits per heavy atom. The second-order valence-corrected chi connectivity index (χ2v) is 6.55. The minimum atomic E-state index is 0.0490. The molecule has 130 valence electrons. The molecule has 1 aromatic heterocycles. The third-order valence-electron chi connectivity index (χ3n) is 4.98. The van der Waals surface area contributed by atoms with Crippen LogP contribution in [-0.4, -0.2) is 35.6 Å². The van der Waals surface area contributed by atoms with Gasteiger partial charge >= 0.3 is 0 Å². The Kier molecular flexibility index (Phi) is 4.50. The topological polar surface area (TPSA) is 67.3 Å². The van der Waals surface area contributed by atoms with Crippen molar-refractivity contribution in [2.75, 3.05) is 24.6 Å². The number of para-hydroxylation sites is 1. The lowest BCUT2D eigenvalue weighted by Gasteiger charge is -2.33. The zero-order valence-electron chi connectivity index (χ0n) is 14.1. The maximum Gasteiger partial charge on any atom is 0.225 e. The Balaban J connectivity index is 1.36. The highest BCUT2D eigenvalue weighted by atomic mass is 16.5. The van der Waals surface area contributed by atoms with Crippen molar-refractivity contribution in [1.82, 2.24) is 15.3 Å². The van der Waals surface area contributed by atoms with Gasteiger partial charge in [-0.15, -0.1) is 0 Å². The third kappa shape index (κ3) is 3.43. The van der Waals surface area contributed by atoms with Crippen molar-refractivity contribution in [2.45, 2.75) is 25.3 Å². The second-order valence-electron chi connectivity index (χ2n) is 6.55. The van der Waals surface area contributed by atoms with Crippen LogP contribution >= 0.6 is 0 Å². The fourth-order valence-corrected chi connectivity index (χ4v) is 3.58. The number of carbonyl (C=O) groups excluding carboxylic acids is 1. The maximum atomic E-state index is 12.7. The number of nitrogens with one attached hydrogen (secondary N) is 1. The summed E-state index contributed by atoms with van der Waals surface area (Å²) in [5.74, 6) is 1.83. The number of benzene rings is 1. The minimum absolute atomic E-state index is 0.0490. The number of carbonyl (C=O) groups is 1. The van der Waals surface area contributed by atoms with E-state index < -0.39 is 0 Å². The van der Waals surface area contributed by atoms with E-state index in [1.54, 1.807) is 12.4 Å². The van der Waals surface area contributed by atoms with Crippen LogP contribution in [0.5, 0.6) is 5.75 Å². The van der Waals surface area contributed by atoms with Gasteiger partial charge in [0.2, 0.25) is 11.9 Å². The minimum Gasteiger partial charge on any atom is -0.493 e. The Morgan fingerprint density at radius 3 is 2.64 bits per heavy atom. The number of hydrogen-bond donors (Lipinski definition) is 1. The normalized spacial score (nSPS) is 20.5. The monoisotopic (exact) mass is 338 g/mol. The molecule has 1 unspecified atom stereocenters. The average molecular weight is 338 g/mol. The molecule has 1 saturated heterocycles. The van der Waals surface area contributed by atoms with E-state index in [9.17, 15) is 4.79 Å². The van der Waals surface area contributed by atoms with Gasteiger partial charge in [-0.05, 0) is 25.0 Å². The summed E-state index contributed by atoms with van der Waals surface area (Å²) < 4.78 is 5.67. The van der Waals surface area contributed by atoms with E-state index in [1.165, 1.54) is 0 Å². The predicted octanol–water partition coefficient (Wildman–Crippen LogP) is 2.33. The summed E-state index contributed by atoms with van der Waals surface area (Å²) in [4.78, 5) is 23.4. The van der Waals surface area contributed by atoms with Gasteiger partial charge in [0.25, 0.3) is 0 Å². The number of nitrogens with zero attached hydrogens (tertiary/aromatic N) is 3. The summed E-state index contributed by atoms with van der Waals surface area (Å²) in [5.41, 5.74) is 1.08. The molecule has 0 radical (unpaired) electrons. The van der Waals surface area contributed by atoms with Crippen LogP contribution in [0.3, 0.4) is 0 Å². The molecule has 2 aliphatic rings. The van der Waals surface area contributed by atoms with Gasteiger partial charge in [-0.25, -0.2) is 9.97 Å². The highest BCUT2D eigenvalue weighted by Gasteiger charge is 2.29. The van der Waals surface area contributed by atoms with Crippen molar-refractivity contribution in [3.63, 3.8) is 0 Å². The zero-order valence-corrected chi connectivity index (χ0v) is 14.1. The first kappa shape index (κ1) is 15.9. The van der Waals surface area contributed by atoms with Gasteiger partial charge in [0.15, 0.2) is 0 Å². The standard InChI is InChI=1S/C19H22N4O2/c24-18(22-16-8-13-25-17-5-2-1-4-15(16)17)14-6-11-23(12-7-14)19-20-9-3-10-21-19/h1-5,9-10,14,16H,6-8,11-13H2,(H,22,24). The average Bonchev–Trinajstić information content (AvgIpc) is 2.69. The fourth-order valence-electron chi connectivity index (χ4n) is 3.58. The lowest BCUT2D eigenvalue weighted by Crippen LogP contribution is -2.42. The number of anilines is 1. The number of amides is 1. The quantitative estimate of drug-likeness (QED) is 0.930. The molecule has 1 atom stereocenters. The lowest BCUT2D eigenvalue weighted by atomic mass is 9.94. The van der Waals surface area contributed by atoms with Crippen LogP contribution < -0.4 is 15.0 Å². The SMILES string of the molecule is O=C(NC1CCOc2ccccc21)C1CCN(c2ncccn2)CC1. The summed E-state index contributed by atoms with van der Waals surface area (Å²) in [6.45, 7) is 2.27. The van der Waals surface area contributed by atoms with Crippen molar-refractivity contribution in [3.8, 4) is 5.75 Å². The number of hydrogen-bond acceptors (Lipinski definition) is 5. The van der Waals surface area contributed by atoms with Crippen LogP contribution in [0.1, 0.15) is 30.9 Å². The Bertz CT molecular complexity index is 729. The largest absolute Gasteiger partial charge is 0.493 e. The van der Waals surface area contributed by atoms with Gasteiger partial charge in [-0.3, -0.25) is 4.79 Å². The molecule has 0 spiro atoms. The lowest BCUT2D eigenvalue weighted by molar-refractivity contribution is -0.126. The molecule has 0 bridgehead atoms. The Labute approximate surface area is 147 Å². The first-order valence-electron chi connectivity index (χ1n) is 8.85. The fraction of sp³-hybridized carbons (Fsp3) is 0.421. The van der Waals surface area contributed by atoms with E-state index in [1.807, 2.05) is 30.3 Å². The second kappa shape index (κ2) is 7.09. The Morgan fingerprint density at radius 2 is 1.84 bits per heavy atom. The molecule has 1 N–H and O–H groups in total. The summed E-state index contributed by atoms with van der Waals surface area (Å²) in [6, 6.07) is 9.82. The van der Waals surface area contributed by atoms with E-state index in [-0.39, 0.29) is 17.9 Å². The van der Waals surface area contributed by atoms with Crippen molar-refractivity contribution < 1.29 is 9.53 Å². The van der Waals surface area contributed by atoms with E-state index >= 15 is 0 Å². The van der Waals surface area contributed by atoms with E-state index in [0.29, 0.717) is 6.61 Å². The van der Waals surface area contributed by atoms with Crippen LogP contribution in [0.4, 0.5) is 5.95 Å². The number of aromatic nitrogens is 2. The van der Waals surface area contributed by atoms with Gasteiger partial charge in [-0.1, -0.05) is 18.2 Å². The molecule has 1 fully saturated rings. The predicted molar refractivity (Wildman–Crippen MR) is 94.4 cm³/mol. The summed E-state index contributed by atoms with van der Waals surface area (Å²) in [7, 11) is 0. The van der Waals surface area contributed by atoms with Gasteiger partial charge in [0.05, 0.1) is 12.6 Å². The van der Waals surface area contributed by atoms with Crippen molar-refractivity contribution in [3.05, 3.63) is 48.3 Å². The molecule has 4 rings (SSSR count). The molecular weight excluding hydrogens is 316 g/mol. The van der Waals surface area contributed by atoms with Gasteiger partial charge in [0.1, 0.15) is 5.75 Å². The molecule has 2 aliphatic heterocycles. The summed E-state index contributed by atoms with van der Waals surface area (Å²) in [5, 5.41) is 3.23. The van der Waals surface area contributed by atoms with Crippen molar-refractivity contribution in [1.29, 1.82) is 0 Å². The third-order valence-corrected chi connectivity index (χ3v) is 4.98. The summed E-state index contributed by atoms with van der Waals surface area (Å²) >= 11 is 0. The number of rotatable bonds is 3. The molecule has 6 heteroatoms. The molecule has 1 aromatic carbocycles. The molecule has 3 heterocycles. The van der Waals surface area contributed by atoms with Crippen molar-refractivity contribution in [2.24, 2.45) is 5.92 Å². The highest BCUT2D eigenvalue weighted by molar-refractivity contribution is 5.79. The number of ether oxygens (including phenoxy) is 1. The highest BCUT2D eigenvalue weighted by Crippen LogP contribution is 2.32. The van der Waals surface area contributed by atoms with Crippen LogP contribution in [0.2, 0.25) is 0 Å². The molecule has 0 saturated carbocycles. The molecular formula is C19H22N4O2. The smallest absolute Gasteiger partial charge is 0.225 e. The van der Waals surface area contributed by atoms with E-state index in [0.717, 1.165) is 49.6 Å². The van der Waals surface area contributed by atoms with E-state index in [2.05, 4.69) is 20.2 Å². The van der Waals surface area contributed by atoms with Gasteiger partial charge in [0, 0.05) is 43.4 Å². The van der Waals surface area contributed by atoms with Gasteiger partial charge < -0.3 is 15.0 Å². The van der Waals surface area contributed by atoms with Crippen LogP contribution in [0, 0.1) is 5.92 Å². The molecule has 6 nitrogen and oxygen atoms in total. The first-order valence-corrected chi connectivity index (χ1v) is 8.85. The van der Waals surface area contributed by atoms with Crippen LogP contribution in [0.15, 0.2) is 42.7 Å². The van der Waals surface area contributed by atoms with E-state index in [4.69, 9.17) is 4.74 Å². The molecule has 1 amide bonds. The molecule has 2 aromatic rings. The first-order chi connectivity index (χ1) is 12.3. The zero-order chi connectivity index (χ0) is 17.1. The van der Waals surface area contributed by atoms with Crippen LogP contribution in [-0.2, 0) is 4.79 Å². The number of piperidine rings is 1. The summed E-state index contributed by atoms with van der Waals surface area (Å²) in [6.07, 6.45) is 5.98. The molecule has 25 heavy (non-hydrogen) atoms.